The van der Waals surface area contributed by atoms with Gasteiger partial charge in [0.05, 0.1) is 30.6 Å². The zero-order valence-corrected chi connectivity index (χ0v) is 39.1. The molecule has 0 spiro atoms. The molecule has 0 bridgehead atoms. The molecule has 6 heterocycles. The number of nitrogens with zero attached hydrogens (tertiary/aromatic N) is 9. The van der Waals surface area contributed by atoms with Gasteiger partial charge in [-0.15, -0.1) is 0 Å². The first-order valence-corrected chi connectivity index (χ1v) is 21.3. The van der Waals surface area contributed by atoms with Crippen LogP contribution in [0.25, 0.3) is 0 Å². The summed E-state index contributed by atoms with van der Waals surface area (Å²) < 4.78 is 13.4. The molecule has 8 amide bonds. The predicted molar refractivity (Wildman–Crippen MR) is 250 cm³/mol. The maximum absolute atomic E-state index is 13.2. The molecular formula is C43H51N17O10. The molecule has 27 heteroatoms. The third-order valence-electron chi connectivity index (χ3n) is 10.3. The minimum Gasteiger partial charge on any atom is -0.469 e. The summed E-state index contributed by atoms with van der Waals surface area (Å²) in [6.45, 7) is -0.0255. The lowest BCUT2D eigenvalue weighted by molar-refractivity contribution is -0.140. The van der Waals surface area contributed by atoms with Crippen molar-refractivity contribution in [3.8, 4) is 0 Å². The van der Waals surface area contributed by atoms with Gasteiger partial charge < -0.3 is 74.7 Å². The van der Waals surface area contributed by atoms with Crippen molar-refractivity contribution in [2.24, 2.45) is 42.3 Å². The standard InChI is InChI=1S/C43H51N17O10/c1-55-15-14-44-35(55)41(67)48-24-16-27(56(2)19-24)38(64)45-11-8-32(61)51-30-22-59(5)36(53-30)42(68)49-25-17-28(57(3)20-25)39(65)46-12-9-33(62)52-31-23-60(6)37(54-31)43(69)50-26-18-29(58(4)21-26)40(66)47-13-10-34(63)70-7/h14-23H,8-13H2,1-7H3,(H,45,64)(H,46,65)(H,47,66)(H,48,67)(H,49,68)(H,50,69)(H,51,61)(H,52,62). The fraction of sp³-hybridized carbons (Fsp3) is 0.302. The lowest BCUT2D eigenvalue weighted by Gasteiger charge is -2.06. The number of rotatable bonds is 20. The molecule has 6 aromatic rings. The molecule has 6 aromatic heterocycles. The summed E-state index contributed by atoms with van der Waals surface area (Å²) in [7, 11) is 10.9. The Bertz CT molecular complexity index is 3000. The summed E-state index contributed by atoms with van der Waals surface area (Å²) in [5, 5.41) is 21.1. The van der Waals surface area contributed by atoms with Crippen LogP contribution in [0.3, 0.4) is 0 Å². The van der Waals surface area contributed by atoms with Gasteiger partial charge in [0.2, 0.25) is 23.5 Å². The number of hydrogen-bond acceptors (Lipinski definition) is 13. The molecule has 27 nitrogen and oxygen atoms in total. The van der Waals surface area contributed by atoms with E-state index in [1.54, 1.807) is 59.2 Å². The molecule has 6 rings (SSSR count). The van der Waals surface area contributed by atoms with Gasteiger partial charge in [0.15, 0.2) is 17.5 Å². The van der Waals surface area contributed by atoms with Crippen LogP contribution in [0, 0.1) is 0 Å². The summed E-state index contributed by atoms with van der Waals surface area (Å²) in [5.74, 6) is -4.35. The molecule has 0 radical (unpaired) electrons. The molecule has 0 saturated heterocycles. The van der Waals surface area contributed by atoms with E-state index in [2.05, 4.69) is 62.2 Å². The number of hydrogen-bond donors (Lipinski definition) is 8. The van der Waals surface area contributed by atoms with Gasteiger partial charge in [-0.3, -0.25) is 43.2 Å². The zero-order valence-electron chi connectivity index (χ0n) is 39.1. The van der Waals surface area contributed by atoms with Crippen molar-refractivity contribution < 1.29 is 47.9 Å². The first-order chi connectivity index (χ1) is 33.3. The van der Waals surface area contributed by atoms with Crippen molar-refractivity contribution in [1.82, 2.24) is 58.3 Å². The van der Waals surface area contributed by atoms with Gasteiger partial charge in [0.25, 0.3) is 35.4 Å². The highest BCUT2D eigenvalue weighted by atomic mass is 16.5. The van der Waals surface area contributed by atoms with E-state index >= 15 is 0 Å². The molecule has 70 heavy (non-hydrogen) atoms. The van der Waals surface area contributed by atoms with E-state index in [0.29, 0.717) is 11.4 Å². The van der Waals surface area contributed by atoms with Crippen LogP contribution >= 0.6 is 0 Å². The number of imidazole rings is 3. The summed E-state index contributed by atoms with van der Waals surface area (Å²) in [5.41, 5.74) is 1.60. The van der Waals surface area contributed by atoms with Gasteiger partial charge in [0.1, 0.15) is 17.1 Å². The van der Waals surface area contributed by atoms with Crippen LogP contribution in [-0.4, -0.2) is 122 Å². The molecule has 0 atom stereocenters. The Morgan fingerprint density at radius 1 is 0.457 bits per heavy atom. The Balaban J connectivity index is 0.914. The molecule has 0 saturated carbocycles. The van der Waals surface area contributed by atoms with E-state index in [0.717, 1.165) is 0 Å². The maximum Gasteiger partial charge on any atom is 0.307 e. The zero-order chi connectivity index (χ0) is 50.8. The summed E-state index contributed by atoms with van der Waals surface area (Å²) in [6.07, 6.45) is 10.3. The van der Waals surface area contributed by atoms with Crippen LogP contribution in [0.15, 0.2) is 61.6 Å². The molecule has 0 aliphatic carbocycles. The van der Waals surface area contributed by atoms with Gasteiger partial charge in [-0.05, 0) is 18.2 Å². The predicted octanol–water partition coefficient (Wildman–Crippen LogP) is 0.470. The number of amides is 8. The summed E-state index contributed by atoms with van der Waals surface area (Å²) in [6, 6.07) is 4.38. The molecule has 0 aliphatic rings. The number of esters is 1. The quantitative estimate of drug-likeness (QED) is 0.0483. The molecule has 8 N–H and O–H groups in total. The lowest BCUT2D eigenvalue weighted by atomic mass is 10.3. The summed E-state index contributed by atoms with van der Waals surface area (Å²) >= 11 is 0. The highest BCUT2D eigenvalue weighted by Gasteiger charge is 2.22. The third kappa shape index (κ3) is 12.6. The van der Waals surface area contributed by atoms with Gasteiger partial charge in [0, 0.05) is 118 Å². The van der Waals surface area contributed by atoms with Crippen molar-refractivity contribution in [2.45, 2.75) is 19.3 Å². The smallest absolute Gasteiger partial charge is 0.307 e. The first-order valence-electron chi connectivity index (χ1n) is 21.3. The van der Waals surface area contributed by atoms with Gasteiger partial charge in [-0.1, -0.05) is 0 Å². The molecule has 368 valence electrons. The fourth-order valence-corrected chi connectivity index (χ4v) is 6.84. The number of anilines is 5. The number of ether oxygens (including phenoxy) is 1. The van der Waals surface area contributed by atoms with E-state index in [9.17, 15) is 43.2 Å². The van der Waals surface area contributed by atoms with Crippen LogP contribution in [0.1, 0.15) is 82.6 Å². The monoisotopic (exact) mass is 965 g/mol. The average Bonchev–Trinajstić information content (AvgIpc) is 4.17. The first kappa shape index (κ1) is 50.1. The van der Waals surface area contributed by atoms with Crippen molar-refractivity contribution in [3.63, 3.8) is 0 Å². The van der Waals surface area contributed by atoms with E-state index in [-0.39, 0.29) is 90.8 Å². The highest BCUT2D eigenvalue weighted by Crippen LogP contribution is 2.18. The van der Waals surface area contributed by atoms with Crippen LogP contribution in [-0.2, 0) is 61.4 Å². The second-order valence-electron chi connectivity index (χ2n) is 15.7. The van der Waals surface area contributed by atoms with E-state index in [4.69, 9.17) is 0 Å². The number of nitrogens with one attached hydrogen (secondary N) is 8. The fourth-order valence-electron chi connectivity index (χ4n) is 6.84. The van der Waals surface area contributed by atoms with Crippen LogP contribution in [0.2, 0.25) is 0 Å². The minimum absolute atomic E-state index is 0.00160. The Kier molecular flexibility index (Phi) is 15.8. The topological polar surface area (TPSA) is 327 Å². The summed E-state index contributed by atoms with van der Waals surface area (Å²) in [4.78, 5) is 126. The van der Waals surface area contributed by atoms with E-state index in [1.165, 1.54) is 79.1 Å². The SMILES string of the molecule is COC(=O)CCNC(=O)c1cc(NC(=O)c2nc(NC(=O)CCNC(=O)c3cc(NC(=O)c4nc(NC(=O)CCNC(=O)c5cc(NC(=O)c6nccn6C)cn5C)cn4C)cn3C)cn2C)cn1C. The lowest BCUT2D eigenvalue weighted by Crippen LogP contribution is -2.29. The van der Waals surface area contributed by atoms with Crippen LogP contribution in [0.4, 0.5) is 28.7 Å². The van der Waals surface area contributed by atoms with E-state index in [1.807, 2.05) is 0 Å². The number of methoxy groups -OCH3 is 1. The highest BCUT2D eigenvalue weighted by molar-refractivity contribution is 6.05. The third-order valence-corrected chi connectivity index (χ3v) is 10.3. The van der Waals surface area contributed by atoms with Gasteiger partial charge >= 0.3 is 5.97 Å². The molecular weight excluding hydrogens is 915 g/mol. The average molecular weight is 966 g/mol. The molecule has 0 aromatic carbocycles. The number of aromatic nitrogens is 9. The Morgan fingerprint density at radius 3 is 1.19 bits per heavy atom. The molecule has 0 aliphatic heterocycles. The molecule has 0 unspecified atom stereocenters. The van der Waals surface area contributed by atoms with Crippen molar-refractivity contribution in [1.29, 1.82) is 0 Å². The number of carbonyl (C=O) groups excluding carboxylic acids is 9. The van der Waals surface area contributed by atoms with Gasteiger partial charge in [-0.2, -0.15) is 0 Å². The van der Waals surface area contributed by atoms with Gasteiger partial charge in [-0.25, -0.2) is 15.0 Å². The second kappa shape index (κ2) is 22.0. The Morgan fingerprint density at radius 2 is 0.829 bits per heavy atom. The van der Waals surface area contributed by atoms with Crippen LogP contribution < -0.4 is 42.5 Å². The Hall–Kier alpha value is -9.30. The maximum atomic E-state index is 13.2. The number of carbonyl (C=O) groups is 9. The second-order valence-corrected chi connectivity index (χ2v) is 15.7. The van der Waals surface area contributed by atoms with Crippen molar-refractivity contribution >= 4 is 81.9 Å². The normalized spacial score (nSPS) is 10.8. The Labute approximate surface area is 398 Å². The minimum atomic E-state index is -0.638. The van der Waals surface area contributed by atoms with Crippen molar-refractivity contribution in [2.75, 3.05) is 53.3 Å². The van der Waals surface area contributed by atoms with Crippen LogP contribution in [0.5, 0.6) is 0 Å². The number of aryl methyl sites for hydroxylation is 6. The largest absolute Gasteiger partial charge is 0.469 e. The molecule has 0 fully saturated rings. The van der Waals surface area contributed by atoms with Crippen molar-refractivity contribution in [3.05, 3.63) is 96.1 Å². The van der Waals surface area contributed by atoms with E-state index < -0.39 is 53.2 Å².